The molecule has 6 nitrogen and oxygen atoms in total. The number of aromatic nitrogens is 1. The number of methoxy groups -OCH3 is 1. The van der Waals surface area contributed by atoms with Gasteiger partial charge in [0, 0.05) is 44.2 Å². The zero-order valence-electron chi connectivity index (χ0n) is 16.3. The minimum Gasteiger partial charge on any atom is -0.480 e. The van der Waals surface area contributed by atoms with E-state index in [4.69, 9.17) is 4.74 Å². The van der Waals surface area contributed by atoms with Crippen LogP contribution in [0, 0.1) is 5.92 Å². The summed E-state index contributed by atoms with van der Waals surface area (Å²) in [5.74, 6) is 0.938. The van der Waals surface area contributed by atoms with E-state index < -0.39 is 0 Å². The Balaban J connectivity index is 1.66. The monoisotopic (exact) mass is 360 g/mol. The average Bonchev–Trinajstić information content (AvgIpc) is 2.68. The first kappa shape index (κ1) is 19.0. The number of nitrogens with one attached hydrogen (secondary N) is 1. The van der Waals surface area contributed by atoms with Crippen LogP contribution in [0.4, 0.5) is 11.4 Å². The van der Waals surface area contributed by atoms with Gasteiger partial charge in [0.2, 0.25) is 5.88 Å². The summed E-state index contributed by atoms with van der Waals surface area (Å²) in [5, 5.41) is 3.61. The fourth-order valence-corrected chi connectivity index (χ4v) is 4.02. The largest absolute Gasteiger partial charge is 0.480 e. The van der Waals surface area contributed by atoms with E-state index in [-0.39, 0.29) is 5.92 Å². The highest BCUT2D eigenvalue weighted by Crippen LogP contribution is 2.31. The average molecular weight is 361 g/mol. The second kappa shape index (κ2) is 8.71. The predicted molar refractivity (Wildman–Crippen MR) is 105 cm³/mol. The third kappa shape index (κ3) is 4.47. The van der Waals surface area contributed by atoms with Crippen LogP contribution in [-0.4, -0.2) is 61.5 Å². The van der Waals surface area contributed by atoms with Crippen molar-refractivity contribution < 1.29 is 9.53 Å². The van der Waals surface area contributed by atoms with Gasteiger partial charge in [-0.15, -0.1) is 0 Å². The lowest BCUT2D eigenvalue weighted by molar-refractivity contribution is -0.111. The Hall–Kier alpha value is -1.82. The summed E-state index contributed by atoms with van der Waals surface area (Å²) in [6.07, 6.45) is 7.01. The predicted octanol–water partition coefficient (Wildman–Crippen LogP) is 2.79. The van der Waals surface area contributed by atoms with Gasteiger partial charge in [-0.3, -0.25) is 4.90 Å². The molecule has 1 aliphatic carbocycles. The van der Waals surface area contributed by atoms with Gasteiger partial charge in [-0.25, -0.2) is 4.98 Å². The number of carbonyl (C=O) groups is 1. The van der Waals surface area contributed by atoms with Crippen molar-refractivity contribution in [3.8, 4) is 5.88 Å². The number of pyridine rings is 1. The molecular weight excluding hydrogens is 328 g/mol. The summed E-state index contributed by atoms with van der Waals surface area (Å²) < 4.78 is 5.51. The second-order valence-electron chi connectivity index (χ2n) is 7.76. The van der Waals surface area contributed by atoms with Gasteiger partial charge in [-0.1, -0.05) is 0 Å². The third-order valence-electron chi connectivity index (χ3n) is 5.75. The van der Waals surface area contributed by atoms with Crippen LogP contribution in [0.1, 0.15) is 39.5 Å². The number of carbonyl (C=O) groups excluding carboxylic acids is 1. The smallest absolute Gasteiger partial charge is 0.237 e. The number of hydrogen-bond donors (Lipinski definition) is 1. The van der Waals surface area contributed by atoms with E-state index in [1.165, 1.54) is 0 Å². The van der Waals surface area contributed by atoms with Crippen LogP contribution in [-0.2, 0) is 4.79 Å². The molecule has 26 heavy (non-hydrogen) atoms. The molecule has 0 radical (unpaired) electrons. The summed E-state index contributed by atoms with van der Waals surface area (Å²) in [6, 6.07) is 3.18. The molecule has 1 aromatic rings. The quantitative estimate of drug-likeness (QED) is 0.787. The van der Waals surface area contributed by atoms with Crippen molar-refractivity contribution in [1.29, 1.82) is 0 Å². The van der Waals surface area contributed by atoms with Crippen molar-refractivity contribution in [1.82, 2.24) is 9.88 Å². The number of nitrogens with zero attached hydrogens (tertiary/aromatic N) is 3. The van der Waals surface area contributed by atoms with Gasteiger partial charge in [0.15, 0.2) is 0 Å². The van der Waals surface area contributed by atoms with E-state index in [2.05, 4.69) is 40.0 Å². The number of ether oxygens (including phenoxy) is 1. The molecular formula is C20H32N4O2. The molecule has 6 heteroatoms. The molecule has 144 valence electrons. The summed E-state index contributed by atoms with van der Waals surface area (Å²) in [7, 11) is 1.68. The summed E-state index contributed by atoms with van der Waals surface area (Å²) in [6.45, 7) is 8.61. The van der Waals surface area contributed by atoms with Crippen LogP contribution in [0.2, 0.25) is 0 Å². The molecule has 1 aliphatic heterocycles. The van der Waals surface area contributed by atoms with Gasteiger partial charge in [0.25, 0.3) is 0 Å². The number of piperazine rings is 1. The van der Waals surface area contributed by atoms with Crippen molar-refractivity contribution in [2.24, 2.45) is 5.92 Å². The highest BCUT2D eigenvalue weighted by Gasteiger charge is 2.24. The minimum absolute atomic E-state index is 0.245. The maximum Gasteiger partial charge on any atom is 0.237 e. The zero-order chi connectivity index (χ0) is 18.5. The molecule has 1 aromatic heterocycles. The highest BCUT2D eigenvalue weighted by molar-refractivity contribution is 5.63. The van der Waals surface area contributed by atoms with Crippen LogP contribution >= 0.6 is 0 Å². The normalized spacial score (nSPS) is 24.5. The fourth-order valence-electron chi connectivity index (χ4n) is 4.02. The van der Waals surface area contributed by atoms with E-state index in [1.807, 2.05) is 6.20 Å². The zero-order valence-corrected chi connectivity index (χ0v) is 16.3. The molecule has 2 aliphatic rings. The lowest BCUT2D eigenvalue weighted by Crippen LogP contribution is -2.49. The standard InChI is InChI=1S/C20H32N4O2/c1-15(2)23-8-10-24(11-9-23)19-12-18(13-21-20(19)26-3)22-17-6-4-16(14-25)5-7-17/h12-17,22H,4-11H2,1-3H3. The molecule has 1 saturated heterocycles. The van der Waals surface area contributed by atoms with Crippen LogP contribution in [0.3, 0.4) is 0 Å². The van der Waals surface area contributed by atoms with Gasteiger partial charge >= 0.3 is 0 Å². The Morgan fingerprint density at radius 1 is 1.19 bits per heavy atom. The molecule has 2 heterocycles. The van der Waals surface area contributed by atoms with Gasteiger partial charge in [-0.2, -0.15) is 0 Å². The lowest BCUT2D eigenvalue weighted by atomic mass is 9.87. The molecule has 3 rings (SSSR count). The second-order valence-corrected chi connectivity index (χ2v) is 7.76. The van der Waals surface area contributed by atoms with Crippen molar-refractivity contribution in [3.63, 3.8) is 0 Å². The van der Waals surface area contributed by atoms with Crippen LogP contribution in [0.5, 0.6) is 5.88 Å². The molecule has 0 aromatic carbocycles. The maximum absolute atomic E-state index is 10.9. The molecule has 0 spiro atoms. The molecule has 0 atom stereocenters. The van der Waals surface area contributed by atoms with E-state index in [9.17, 15) is 4.79 Å². The number of rotatable bonds is 6. The summed E-state index contributed by atoms with van der Waals surface area (Å²) >= 11 is 0. The number of anilines is 2. The van der Waals surface area contributed by atoms with Gasteiger partial charge in [-0.05, 0) is 45.6 Å². The summed E-state index contributed by atoms with van der Waals surface area (Å²) in [5.41, 5.74) is 2.11. The fraction of sp³-hybridized carbons (Fsp3) is 0.700. The third-order valence-corrected chi connectivity index (χ3v) is 5.75. The van der Waals surface area contributed by atoms with Crippen molar-refractivity contribution in [2.45, 2.75) is 51.6 Å². The van der Waals surface area contributed by atoms with Crippen LogP contribution in [0.25, 0.3) is 0 Å². The molecule has 2 fully saturated rings. The molecule has 1 N–H and O–H groups in total. The first-order valence-electron chi connectivity index (χ1n) is 9.85. The van der Waals surface area contributed by atoms with E-state index in [0.29, 0.717) is 18.0 Å². The van der Waals surface area contributed by atoms with E-state index >= 15 is 0 Å². The van der Waals surface area contributed by atoms with Gasteiger partial charge in [0.05, 0.1) is 19.0 Å². The molecule has 0 bridgehead atoms. The Kier molecular flexibility index (Phi) is 6.35. The molecule has 0 unspecified atom stereocenters. The van der Waals surface area contributed by atoms with Crippen molar-refractivity contribution in [3.05, 3.63) is 12.3 Å². The Labute approximate surface area is 156 Å². The number of aldehydes is 1. The van der Waals surface area contributed by atoms with E-state index in [1.54, 1.807) is 7.11 Å². The highest BCUT2D eigenvalue weighted by atomic mass is 16.5. The number of hydrogen-bond acceptors (Lipinski definition) is 6. The maximum atomic E-state index is 10.9. The topological polar surface area (TPSA) is 57.7 Å². The van der Waals surface area contributed by atoms with Crippen LogP contribution in [0.15, 0.2) is 12.3 Å². The SMILES string of the molecule is COc1ncc(NC2CCC(C=O)CC2)cc1N1CCN(C(C)C)CC1. The minimum atomic E-state index is 0.245. The first-order chi connectivity index (χ1) is 12.6. The van der Waals surface area contributed by atoms with E-state index in [0.717, 1.165) is 69.5 Å². The summed E-state index contributed by atoms with van der Waals surface area (Å²) in [4.78, 5) is 20.3. The van der Waals surface area contributed by atoms with Gasteiger partial charge < -0.3 is 19.7 Å². The Bertz CT molecular complexity index is 591. The van der Waals surface area contributed by atoms with Crippen molar-refractivity contribution in [2.75, 3.05) is 43.5 Å². The van der Waals surface area contributed by atoms with Crippen molar-refractivity contribution >= 4 is 17.7 Å². The molecule has 1 saturated carbocycles. The molecule has 0 amide bonds. The van der Waals surface area contributed by atoms with Crippen LogP contribution < -0.4 is 15.0 Å². The van der Waals surface area contributed by atoms with Gasteiger partial charge in [0.1, 0.15) is 12.0 Å². The Morgan fingerprint density at radius 3 is 2.46 bits per heavy atom. The lowest BCUT2D eigenvalue weighted by Gasteiger charge is -2.38. The Morgan fingerprint density at radius 2 is 1.88 bits per heavy atom. The first-order valence-corrected chi connectivity index (χ1v) is 9.85.